The third-order valence-corrected chi connectivity index (χ3v) is 8.16. The lowest BCUT2D eigenvalue weighted by molar-refractivity contribution is 0.342. The zero-order valence-electron chi connectivity index (χ0n) is 18.4. The number of sulfonamides is 1. The first-order valence-electron chi connectivity index (χ1n) is 10.7. The van der Waals surface area contributed by atoms with E-state index in [0.717, 1.165) is 29.3 Å². The number of piperazine rings is 1. The van der Waals surface area contributed by atoms with Crippen molar-refractivity contribution in [1.29, 1.82) is 0 Å². The molecule has 3 aromatic rings. The highest BCUT2D eigenvalue weighted by Crippen LogP contribution is 2.35. The van der Waals surface area contributed by atoms with E-state index in [4.69, 9.17) is 4.74 Å². The van der Waals surface area contributed by atoms with Crippen LogP contribution in [-0.2, 0) is 10.0 Å². The molecule has 32 heavy (non-hydrogen) atoms. The van der Waals surface area contributed by atoms with Crippen LogP contribution in [0.2, 0.25) is 0 Å². The first kappa shape index (κ1) is 22.6. The molecule has 3 heterocycles. The normalized spacial score (nSPS) is 19.0. The summed E-state index contributed by atoms with van der Waals surface area (Å²) < 4.78 is 35.1. The monoisotopic (exact) mass is 472 g/mol. The van der Waals surface area contributed by atoms with E-state index >= 15 is 0 Å². The molecule has 1 saturated heterocycles. The number of benzene rings is 1. The Morgan fingerprint density at radius 2 is 1.94 bits per heavy atom. The average molecular weight is 473 g/mol. The van der Waals surface area contributed by atoms with Crippen molar-refractivity contribution in [3.63, 3.8) is 0 Å². The SMILES string of the molecule is CCOc1ccc(N2C[C@@H](C)N[C@@H](C)C2)cc1NS(=O)(=O)c1ccc(-c2ccccn2)s1. The highest BCUT2D eigenvalue weighted by molar-refractivity contribution is 7.94. The Labute approximate surface area is 193 Å². The fraction of sp³-hybridized carbons (Fsp3) is 0.348. The van der Waals surface area contributed by atoms with Crippen LogP contribution in [0.1, 0.15) is 20.8 Å². The average Bonchev–Trinajstić information content (AvgIpc) is 3.26. The third kappa shape index (κ3) is 5.06. The van der Waals surface area contributed by atoms with Gasteiger partial charge in [0.1, 0.15) is 9.96 Å². The number of thiophene rings is 1. The maximum atomic E-state index is 13.2. The van der Waals surface area contributed by atoms with Crippen LogP contribution < -0.4 is 19.7 Å². The molecule has 1 aliphatic heterocycles. The first-order valence-corrected chi connectivity index (χ1v) is 13.0. The largest absolute Gasteiger partial charge is 0.492 e. The number of hydrogen-bond donors (Lipinski definition) is 2. The van der Waals surface area contributed by atoms with E-state index in [-0.39, 0.29) is 4.21 Å². The molecule has 0 saturated carbocycles. The lowest BCUT2D eigenvalue weighted by Crippen LogP contribution is -2.54. The van der Waals surface area contributed by atoms with Crippen molar-refractivity contribution < 1.29 is 13.2 Å². The standard InChI is InChI=1S/C23H28N4O3S2/c1-4-30-21-9-8-18(27-14-16(2)25-17(3)15-27)13-20(21)26-32(28,29)23-11-10-22(31-23)19-7-5-6-12-24-19/h5-13,16-17,25-26H,4,14-15H2,1-3H3/t16-,17+. The van der Waals surface area contributed by atoms with Gasteiger partial charge in [0, 0.05) is 37.1 Å². The quantitative estimate of drug-likeness (QED) is 0.536. The van der Waals surface area contributed by atoms with Gasteiger partial charge in [-0.25, -0.2) is 8.42 Å². The molecule has 170 valence electrons. The van der Waals surface area contributed by atoms with Crippen molar-refractivity contribution in [2.45, 2.75) is 37.1 Å². The summed E-state index contributed by atoms with van der Waals surface area (Å²) in [6, 6.07) is 15.3. The number of aromatic nitrogens is 1. The van der Waals surface area contributed by atoms with Crippen molar-refractivity contribution in [3.05, 3.63) is 54.7 Å². The van der Waals surface area contributed by atoms with Gasteiger partial charge >= 0.3 is 0 Å². The summed E-state index contributed by atoms with van der Waals surface area (Å²) in [7, 11) is -3.78. The van der Waals surface area contributed by atoms with Crippen LogP contribution in [0.15, 0.2) is 58.9 Å². The van der Waals surface area contributed by atoms with Gasteiger partial charge in [0.05, 0.1) is 22.9 Å². The molecule has 0 amide bonds. The Morgan fingerprint density at radius 3 is 2.62 bits per heavy atom. The Hall–Kier alpha value is -2.62. The predicted octanol–water partition coefficient (Wildman–Crippen LogP) is 4.20. The number of nitrogens with zero attached hydrogens (tertiary/aromatic N) is 2. The van der Waals surface area contributed by atoms with Crippen LogP contribution in [0.3, 0.4) is 0 Å². The first-order chi connectivity index (χ1) is 15.4. The molecule has 0 aliphatic carbocycles. The Kier molecular flexibility index (Phi) is 6.68. The van der Waals surface area contributed by atoms with E-state index in [1.807, 2.05) is 43.3 Å². The summed E-state index contributed by atoms with van der Waals surface area (Å²) in [5, 5.41) is 3.52. The van der Waals surface area contributed by atoms with Crippen LogP contribution in [-0.4, -0.2) is 45.2 Å². The van der Waals surface area contributed by atoms with Crippen LogP contribution >= 0.6 is 11.3 Å². The van der Waals surface area contributed by atoms with Gasteiger partial charge in [-0.2, -0.15) is 0 Å². The van der Waals surface area contributed by atoms with Crippen LogP contribution in [0.25, 0.3) is 10.6 Å². The summed E-state index contributed by atoms with van der Waals surface area (Å²) >= 11 is 1.19. The van der Waals surface area contributed by atoms with Gasteiger partial charge < -0.3 is 15.0 Å². The summed E-state index contributed by atoms with van der Waals surface area (Å²) in [4.78, 5) is 7.37. The minimum absolute atomic E-state index is 0.232. The minimum Gasteiger partial charge on any atom is -0.492 e. The molecular weight excluding hydrogens is 444 g/mol. The van der Waals surface area contributed by atoms with Gasteiger partial charge in [-0.3, -0.25) is 9.71 Å². The number of hydrogen-bond acceptors (Lipinski definition) is 7. The highest BCUT2D eigenvalue weighted by Gasteiger charge is 2.24. The summed E-state index contributed by atoms with van der Waals surface area (Å²) in [6.45, 7) is 8.32. The number of nitrogens with one attached hydrogen (secondary N) is 2. The molecular formula is C23H28N4O3S2. The van der Waals surface area contributed by atoms with E-state index in [1.54, 1.807) is 18.3 Å². The molecule has 1 fully saturated rings. The molecule has 9 heteroatoms. The maximum Gasteiger partial charge on any atom is 0.271 e. The second-order valence-corrected chi connectivity index (χ2v) is 10.9. The Morgan fingerprint density at radius 1 is 1.16 bits per heavy atom. The molecule has 0 spiro atoms. The molecule has 0 radical (unpaired) electrons. The molecule has 4 rings (SSSR count). The van der Waals surface area contributed by atoms with E-state index in [0.29, 0.717) is 30.1 Å². The van der Waals surface area contributed by atoms with E-state index in [2.05, 4.69) is 33.8 Å². The second kappa shape index (κ2) is 9.48. The van der Waals surface area contributed by atoms with Crippen LogP contribution in [0, 0.1) is 0 Å². The molecule has 0 bridgehead atoms. The molecule has 2 N–H and O–H groups in total. The number of anilines is 2. The van der Waals surface area contributed by atoms with Gasteiger partial charge in [-0.05, 0) is 63.2 Å². The fourth-order valence-electron chi connectivity index (χ4n) is 3.92. The van der Waals surface area contributed by atoms with Gasteiger partial charge in [0.2, 0.25) is 0 Å². The van der Waals surface area contributed by atoms with Gasteiger partial charge in [0.15, 0.2) is 0 Å². The Bertz CT molecular complexity index is 1150. The summed E-state index contributed by atoms with van der Waals surface area (Å²) in [6.07, 6.45) is 1.69. The molecule has 7 nitrogen and oxygen atoms in total. The maximum absolute atomic E-state index is 13.2. The zero-order chi connectivity index (χ0) is 22.7. The molecule has 2 aromatic heterocycles. The summed E-state index contributed by atoms with van der Waals surface area (Å²) in [5.41, 5.74) is 2.15. The second-order valence-electron chi connectivity index (χ2n) is 7.93. The number of rotatable bonds is 7. The topological polar surface area (TPSA) is 83.6 Å². The predicted molar refractivity (Wildman–Crippen MR) is 130 cm³/mol. The molecule has 1 aliphatic rings. The van der Waals surface area contributed by atoms with Gasteiger partial charge in [-0.15, -0.1) is 11.3 Å². The van der Waals surface area contributed by atoms with Crippen molar-refractivity contribution in [1.82, 2.24) is 10.3 Å². The van der Waals surface area contributed by atoms with E-state index < -0.39 is 10.0 Å². The molecule has 2 atom stereocenters. The minimum atomic E-state index is -3.78. The lowest BCUT2D eigenvalue weighted by atomic mass is 10.1. The zero-order valence-corrected chi connectivity index (χ0v) is 20.0. The highest BCUT2D eigenvalue weighted by atomic mass is 32.2. The van der Waals surface area contributed by atoms with Crippen LogP contribution in [0.5, 0.6) is 5.75 Å². The van der Waals surface area contributed by atoms with Crippen molar-refractivity contribution in [2.24, 2.45) is 0 Å². The number of pyridine rings is 1. The van der Waals surface area contributed by atoms with Crippen molar-refractivity contribution in [3.8, 4) is 16.3 Å². The van der Waals surface area contributed by atoms with Gasteiger partial charge in [-0.1, -0.05) is 6.07 Å². The van der Waals surface area contributed by atoms with Gasteiger partial charge in [0.25, 0.3) is 10.0 Å². The van der Waals surface area contributed by atoms with E-state index in [1.165, 1.54) is 11.3 Å². The smallest absolute Gasteiger partial charge is 0.271 e. The lowest BCUT2D eigenvalue weighted by Gasteiger charge is -2.38. The summed E-state index contributed by atoms with van der Waals surface area (Å²) in [5.74, 6) is 0.512. The van der Waals surface area contributed by atoms with Crippen molar-refractivity contribution in [2.75, 3.05) is 29.3 Å². The van der Waals surface area contributed by atoms with Crippen LogP contribution in [0.4, 0.5) is 11.4 Å². The van der Waals surface area contributed by atoms with Crippen molar-refractivity contribution >= 4 is 32.7 Å². The Balaban J connectivity index is 1.62. The molecule has 0 unspecified atom stereocenters. The fourth-order valence-corrected chi connectivity index (χ4v) is 6.26. The number of ether oxygens (including phenoxy) is 1. The molecule has 1 aromatic carbocycles. The van der Waals surface area contributed by atoms with E-state index in [9.17, 15) is 8.42 Å². The third-order valence-electron chi connectivity index (χ3n) is 5.19.